The lowest BCUT2D eigenvalue weighted by molar-refractivity contribution is 0.559. The molecule has 0 fully saturated rings. The van der Waals surface area contributed by atoms with E-state index in [-0.39, 0.29) is 5.03 Å². The van der Waals surface area contributed by atoms with Crippen molar-refractivity contribution in [3.05, 3.63) is 12.3 Å². The predicted molar refractivity (Wildman–Crippen MR) is 57.9 cm³/mol. The fourth-order valence-corrected chi connectivity index (χ4v) is 2.43. The Morgan fingerprint density at radius 2 is 2.31 bits per heavy atom. The van der Waals surface area contributed by atoms with Gasteiger partial charge in [0.2, 0.25) is 0 Å². The average Bonchev–Trinajstić information content (AvgIpc) is 2.65. The minimum Gasteiger partial charge on any atom is -0.256 e. The minimum atomic E-state index is -3.47. The zero-order valence-electron chi connectivity index (χ0n) is 9.05. The van der Waals surface area contributed by atoms with Crippen molar-refractivity contribution in [3.8, 4) is 6.07 Å². The van der Waals surface area contributed by atoms with Crippen LogP contribution in [0.15, 0.2) is 17.3 Å². The van der Waals surface area contributed by atoms with Crippen LogP contribution in [0.1, 0.15) is 19.3 Å². The summed E-state index contributed by atoms with van der Waals surface area (Å²) in [6.45, 7) is 0.342. The summed E-state index contributed by atoms with van der Waals surface area (Å²) in [5.41, 5.74) is 0. The van der Waals surface area contributed by atoms with Crippen molar-refractivity contribution < 1.29 is 8.42 Å². The van der Waals surface area contributed by atoms with Gasteiger partial charge in [-0.05, 0) is 18.9 Å². The monoisotopic (exact) mass is 242 g/mol. The van der Waals surface area contributed by atoms with Crippen LogP contribution >= 0.6 is 0 Å². The normalized spacial score (nSPS) is 11.2. The summed E-state index contributed by atoms with van der Waals surface area (Å²) < 4.78 is 27.2. The van der Waals surface area contributed by atoms with Gasteiger partial charge in [0.25, 0.3) is 10.0 Å². The molecule has 0 spiro atoms. The number of nitrogens with one attached hydrogen (secondary N) is 1. The van der Waals surface area contributed by atoms with Gasteiger partial charge in [0.05, 0.1) is 12.3 Å². The van der Waals surface area contributed by atoms with Gasteiger partial charge < -0.3 is 0 Å². The highest BCUT2D eigenvalue weighted by molar-refractivity contribution is 7.89. The molecule has 0 saturated carbocycles. The lowest BCUT2D eigenvalue weighted by Gasteiger charge is -2.05. The molecule has 88 valence electrons. The Balaban J connectivity index is 2.48. The molecule has 1 aromatic heterocycles. The molecular formula is C9H14N4O2S. The van der Waals surface area contributed by atoms with Crippen molar-refractivity contribution in [2.24, 2.45) is 7.05 Å². The molecule has 0 aromatic carbocycles. The minimum absolute atomic E-state index is 0.146. The van der Waals surface area contributed by atoms with Gasteiger partial charge in [0.15, 0.2) is 5.03 Å². The molecule has 0 unspecified atom stereocenters. The van der Waals surface area contributed by atoms with Crippen LogP contribution in [-0.4, -0.2) is 24.7 Å². The van der Waals surface area contributed by atoms with Crippen molar-refractivity contribution in [1.29, 1.82) is 5.26 Å². The summed E-state index contributed by atoms with van der Waals surface area (Å²) in [6.07, 6.45) is 3.24. The molecule has 7 heteroatoms. The number of aryl methyl sites for hydroxylation is 1. The number of nitrogens with zero attached hydrogens (tertiary/aromatic N) is 3. The van der Waals surface area contributed by atoms with E-state index < -0.39 is 10.0 Å². The Kier molecular flexibility index (Phi) is 4.46. The van der Waals surface area contributed by atoms with Crippen LogP contribution in [0.25, 0.3) is 0 Å². The van der Waals surface area contributed by atoms with Crippen molar-refractivity contribution in [3.63, 3.8) is 0 Å². The van der Waals surface area contributed by atoms with Crippen LogP contribution in [0.2, 0.25) is 0 Å². The van der Waals surface area contributed by atoms with Gasteiger partial charge in [-0.2, -0.15) is 10.4 Å². The molecule has 0 aliphatic rings. The van der Waals surface area contributed by atoms with Crippen LogP contribution in [-0.2, 0) is 17.1 Å². The summed E-state index contributed by atoms with van der Waals surface area (Å²) >= 11 is 0. The lowest BCUT2D eigenvalue weighted by atomic mass is 10.2. The topological polar surface area (TPSA) is 87.8 Å². The van der Waals surface area contributed by atoms with Gasteiger partial charge in [0, 0.05) is 20.0 Å². The van der Waals surface area contributed by atoms with E-state index in [1.807, 2.05) is 6.07 Å². The second-order valence-electron chi connectivity index (χ2n) is 3.31. The molecule has 0 aliphatic heterocycles. The first-order valence-electron chi connectivity index (χ1n) is 4.92. The summed E-state index contributed by atoms with van der Waals surface area (Å²) in [7, 11) is -1.89. The largest absolute Gasteiger partial charge is 0.257 e. The highest BCUT2D eigenvalue weighted by Crippen LogP contribution is 2.05. The fraction of sp³-hybridized carbons (Fsp3) is 0.556. The zero-order chi connectivity index (χ0) is 12.0. The molecule has 6 nitrogen and oxygen atoms in total. The van der Waals surface area contributed by atoms with Crippen molar-refractivity contribution in [2.75, 3.05) is 6.54 Å². The zero-order valence-corrected chi connectivity index (χ0v) is 9.87. The lowest BCUT2D eigenvalue weighted by Crippen LogP contribution is -2.26. The van der Waals surface area contributed by atoms with Gasteiger partial charge in [-0.3, -0.25) is 4.68 Å². The maximum Gasteiger partial charge on any atom is 0.257 e. The van der Waals surface area contributed by atoms with Crippen LogP contribution in [0.3, 0.4) is 0 Å². The molecule has 0 atom stereocenters. The summed E-state index contributed by atoms with van der Waals surface area (Å²) in [4.78, 5) is 0. The first kappa shape index (κ1) is 12.7. The Labute approximate surface area is 94.9 Å². The van der Waals surface area contributed by atoms with Crippen LogP contribution in [0.4, 0.5) is 0 Å². The van der Waals surface area contributed by atoms with E-state index in [0.29, 0.717) is 25.8 Å². The Morgan fingerprint density at radius 3 is 2.88 bits per heavy atom. The fourth-order valence-electron chi connectivity index (χ4n) is 1.23. The quantitative estimate of drug-likeness (QED) is 0.731. The molecule has 16 heavy (non-hydrogen) atoms. The standard InChI is InChI=1S/C9H14N4O2S/c1-13-9(5-8-11-13)16(14,15)12-7-4-2-3-6-10/h5,8,12H,2-4,7H2,1H3. The third kappa shape index (κ3) is 3.32. The molecule has 0 saturated heterocycles. The number of unbranched alkanes of at least 4 members (excludes halogenated alkanes) is 2. The van der Waals surface area contributed by atoms with Crippen LogP contribution < -0.4 is 4.72 Å². The predicted octanol–water partition coefficient (Wildman–Crippen LogP) is 0.392. The van der Waals surface area contributed by atoms with Crippen molar-refractivity contribution in [2.45, 2.75) is 24.3 Å². The summed E-state index contributed by atoms with van der Waals surface area (Å²) in [5, 5.41) is 12.3. The molecule has 0 bridgehead atoms. The van der Waals surface area contributed by atoms with E-state index in [1.54, 1.807) is 7.05 Å². The molecule has 0 aliphatic carbocycles. The van der Waals surface area contributed by atoms with Gasteiger partial charge >= 0.3 is 0 Å². The van der Waals surface area contributed by atoms with Crippen LogP contribution in [0.5, 0.6) is 0 Å². The van der Waals surface area contributed by atoms with Crippen molar-refractivity contribution in [1.82, 2.24) is 14.5 Å². The summed E-state index contributed by atoms with van der Waals surface area (Å²) in [6, 6.07) is 3.45. The molecule has 1 heterocycles. The average molecular weight is 242 g/mol. The number of aromatic nitrogens is 2. The number of hydrogen-bond donors (Lipinski definition) is 1. The molecule has 1 rings (SSSR count). The smallest absolute Gasteiger partial charge is 0.256 e. The highest BCUT2D eigenvalue weighted by atomic mass is 32.2. The molecule has 1 aromatic rings. The molecule has 1 N–H and O–H groups in total. The number of nitriles is 1. The Hall–Kier alpha value is -1.39. The maximum absolute atomic E-state index is 11.7. The second kappa shape index (κ2) is 5.63. The van der Waals surface area contributed by atoms with Crippen molar-refractivity contribution >= 4 is 10.0 Å². The third-order valence-corrected chi connectivity index (χ3v) is 3.59. The summed E-state index contributed by atoms with van der Waals surface area (Å²) in [5.74, 6) is 0. The SMILES string of the molecule is Cn1nccc1S(=O)(=O)NCCCCC#N. The van der Waals surface area contributed by atoms with Crippen LogP contribution in [0, 0.1) is 11.3 Å². The first-order valence-corrected chi connectivity index (χ1v) is 6.41. The van der Waals surface area contributed by atoms with E-state index in [1.165, 1.54) is 16.9 Å². The first-order chi connectivity index (χ1) is 7.58. The number of sulfonamides is 1. The van der Waals surface area contributed by atoms with Gasteiger partial charge in [0.1, 0.15) is 0 Å². The number of rotatable bonds is 6. The van der Waals surface area contributed by atoms with E-state index in [2.05, 4.69) is 9.82 Å². The molecule has 0 radical (unpaired) electrons. The Bertz CT molecular complexity index is 472. The van der Waals surface area contributed by atoms with E-state index in [9.17, 15) is 8.42 Å². The third-order valence-electron chi connectivity index (χ3n) is 2.06. The van der Waals surface area contributed by atoms with E-state index in [0.717, 1.165) is 0 Å². The van der Waals surface area contributed by atoms with Gasteiger partial charge in [-0.25, -0.2) is 13.1 Å². The van der Waals surface area contributed by atoms with Gasteiger partial charge in [-0.15, -0.1) is 0 Å². The number of hydrogen-bond acceptors (Lipinski definition) is 4. The molecule has 0 amide bonds. The highest BCUT2D eigenvalue weighted by Gasteiger charge is 2.16. The second-order valence-corrected chi connectivity index (χ2v) is 5.02. The van der Waals surface area contributed by atoms with E-state index in [4.69, 9.17) is 5.26 Å². The Morgan fingerprint density at radius 1 is 1.56 bits per heavy atom. The molecular weight excluding hydrogens is 228 g/mol. The van der Waals surface area contributed by atoms with E-state index >= 15 is 0 Å². The van der Waals surface area contributed by atoms with Gasteiger partial charge in [-0.1, -0.05) is 0 Å². The maximum atomic E-state index is 11.7.